The Labute approximate surface area is 194 Å². The first-order valence-corrected chi connectivity index (χ1v) is 11.3. The van der Waals surface area contributed by atoms with Gasteiger partial charge in [-0.15, -0.1) is 0 Å². The molecule has 5 rings (SSSR count). The maximum atomic E-state index is 13.8. The highest BCUT2D eigenvalue weighted by molar-refractivity contribution is 6.06. The lowest BCUT2D eigenvalue weighted by molar-refractivity contribution is -0.136. The summed E-state index contributed by atoms with van der Waals surface area (Å²) >= 11 is 0. The van der Waals surface area contributed by atoms with Crippen LogP contribution in [0.25, 0.3) is 0 Å². The summed E-state index contributed by atoms with van der Waals surface area (Å²) in [4.78, 5) is 51.0. The van der Waals surface area contributed by atoms with E-state index in [-0.39, 0.29) is 43.0 Å². The largest absolute Gasteiger partial charge is 0.345 e. The Bertz CT molecular complexity index is 1210. The van der Waals surface area contributed by atoms with E-state index in [1.165, 1.54) is 11.0 Å². The molecular weight excluding hydrogens is 444 g/mol. The van der Waals surface area contributed by atoms with Crippen LogP contribution in [0.15, 0.2) is 36.4 Å². The van der Waals surface area contributed by atoms with Gasteiger partial charge in [-0.25, -0.2) is 8.78 Å². The van der Waals surface area contributed by atoms with Crippen LogP contribution >= 0.6 is 0 Å². The summed E-state index contributed by atoms with van der Waals surface area (Å²) in [5, 5.41) is 5.22. The molecule has 7 nitrogen and oxygen atoms in total. The highest BCUT2D eigenvalue weighted by Crippen LogP contribution is 2.38. The average Bonchev–Trinajstić information content (AvgIpc) is 3.09. The average molecular weight is 467 g/mol. The molecule has 2 aromatic rings. The second kappa shape index (κ2) is 8.62. The van der Waals surface area contributed by atoms with Crippen LogP contribution in [-0.2, 0) is 16.1 Å². The molecule has 2 aliphatic heterocycles. The van der Waals surface area contributed by atoms with Crippen LogP contribution in [0.2, 0.25) is 0 Å². The third-order valence-electron chi connectivity index (χ3n) is 7.00. The van der Waals surface area contributed by atoms with Gasteiger partial charge in [-0.05, 0) is 66.6 Å². The molecule has 1 saturated carbocycles. The molecule has 2 unspecified atom stereocenters. The molecule has 2 N–H and O–H groups in total. The number of nitrogens with one attached hydrogen (secondary N) is 2. The third kappa shape index (κ3) is 3.95. The quantitative estimate of drug-likeness (QED) is 0.661. The molecule has 0 bridgehead atoms. The Morgan fingerprint density at radius 3 is 2.50 bits per heavy atom. The number of carbonyl (C=O) groups is 4. The maximum Gasteiger partial charge on any atom is 0.255 e. The fraction of sp³-hybridized carbons (Fsp3) is 0.360. The van der Waals surface area contributed by atoms with Crippen molar-refractivity contribution < 1.29 is 28.0 Å². The number of hydrogen-bond donors (Lipinski definition) is 2. The number of piperidine rings is 1. The van der Waals surface area contributed by atoms with Gasteiger partial charge in [0.05, 0.1) is 6.04 Å². The van der Waals surface area contributed by atoms with E-state index in [1.807, 2.05) is 0 Å². The molecule has 2 fully saturated rings. The van der Waals surface area contributed by atoms with Crippen LogP contribution in [-0.4, -0.2) is 34.6 Å². The van der Waals surface area contributed by atoms with Gasteiger partial charge in [-0.2, -0.15) is 0 Å². The highest BCUT2D eigenvalue weighted by Gasteiger charge is 2.39. The topological polar surface area (TPSA) is 95.6 Å². The molecule has 3 aliphatic rings. The second-order valence-electron chi connectivity index (χ2n) is 9.09. The molecule has 4 amide bonds. The second-order valence-corrected chi connectivity index (χ2v) is 9.09. The zero-order valence-electron chi connectivity index (χ0n) is 18.3. The lowest BCUT2D eigenvalue weighted by Crippen LogP contribution is -2.52. The molecule has 0 radical (unpaired) electrons. The maximum absolute atomic E-state index is 13.8. The summed E-state index contributed by atoms with van der Waals surface area (Å²) in [7, 11) is 0. The number of nitrogens with zero attached hydrogens (tertiary/aromatic N) is 1. The number of benzene rings is 2. The molecule has 1 saturated heterocycles. The van der Waals surface area contributed by atoms with Crippen LogP contribution < -0.4 is 10.6 Å². The van der Waals surface area contributed by atoms with E-state index >= 15 is 0 Å². The monoisotopic (exact) mass is 467 g/mol. The van der Waals surface area contributed by atoms with Gasteiger partial charge in [0.1, 0.15) is 6.04 Å². The Morgan fingerprint density at radius 2 is 1.82 bits per heavy atom. The molecule has 2 atom stereocenters. The minimum Gasteiger partial charge on any atom is -0.345 e. The molecule has 0 aromatic heterocycles. The van der Waals surface area contributed by atoms with Crippen LogP contribution in [0, 0.1) is 17.6 Å². The summed E-state index contributed by atoms with van der Waals surface area (Å²) in [6.45, 7) is 0.163. The molecule has 2 heterocycles. The molecule has 9 heteroatoms. The van der Waals surface area contributed by atoms with Gasteiger partial charge in [-0.1, -0.05) is 12.5 Å². The van der Waals surface area contributed by atoms with Gasteiger partial charge in [0.25, 0.3) is 11.8 Å². The number of hydrogen-bond acceptors (Lipinski definition) is 4. The number of imide groups is 1. The zero-order chi connectivity index (χ0) is 24.0. The molecule has 2 aromatic carbocycles. The number of fused-ring (bicyclic) bond motifs is 1. The van der Waals surface area contributed by atoms with E-state index in [1.54, 1.807) is 18.2 Å². The molecule has 1 aliphatic carbocycles. The van der Waals surface area contributed by atoms with Crippen molar-refractivity contribution in [3.63, 3.8) is 0 Å². The van der Waals surface area contributed by atoms with Crippen molar-refractivity contribution >= 4 is 23.6 Å². The number of amides is 4. The molecule has 0 spiro atoms. The van der Waals surface area contributed by atoms with Crippen molar-refractivity contribution in [1.82, 2.24) is 15.5 Å². The normalized spacial score (nSPS) is 21.1. The van der Waals surface area contributed by atoms with Gasteiger partial charge in [0, 0.05) is 24.1 Å². The van der Waals surface area contributed by atoms with Gasteiger partial charge in [0.15, 0.2) is 11.6 Å². The van der Waals surface area contributed by atoms with E-state index in [9.17, 15) is 28.0 Å². The lowest BCUT2D eigenvalue weighted by Gasteiger charge is -2.34. The first-order valence-electron chi connectivity index (χ1n) is 11.3. The third-order valence-corrected chi connectivity index (χ3v) is 7.00. The Morgan fingerprint density at radius 1 is 1.03 bits per heavy atom. The van der Waals surface area contributed by atoms with E-state index in [0.29, 0.717) is 22.3 Å². The summed E-state index contributed by atoms with van der Waals surface area (Å²) in [6, 6.07) is 7.22. The van der Waals surface area contributed by atoms with Gasteiger partial charge >= 0.3 is 0 Å². The van der Waals surface area contributed by atoms with Gasteiger partial charge in [0.2, 0.25) is 11.8 Å². The van der Waals surface area contributed by atoms with E-state index in [0.717, 1.165) is 31.4 Å². The van der Waals surface area contributed by atoms with Crippen LogP contribution in [0.1, 0.15) is 70.0 Å². The lowest BCUT2D eigenvalue weighted by atomic mass is 9.77. The first-order chi connectivity index (χ1) is 16.3. The van der Waals surface area contributed by atoms with Crippen LogP contribution in [0.4, 0.5) is 8.78 Å². The van der Waals surface area contributed by atoms with Crippen LogP contribution in [0.5, 0.6) is 0 Å². The van der Waals surface area contributed by atoms with Crippen molar-refractivity contribution in [2.45, 2.75) is 50.7 Å². The van der Waals surface area contributed by atoms with E-state index in [2.05, 4.69) is 10.6 Å². The predicted octanol–water partition coefficient (Wildman–Crippen LogP) is 3.00. The van der Waals surface area contributed by atoms with E-state index in [4.69, 9.17) is 0 Å². The smallest absolute Gasteiger partial charge is 0.255 e. The standard InChI is InChI=1S/C25H23F2N3O4/c26-18-7-5-14(11-19(18)27)22(13-2-1-3-13)29-23(32)15-4-6-17-16(10-15)12-30(25(17)34)20-8-9-21(31)28-24(20)33/h4-7,10-11,13,20,22H,1-3,8-9,12H2,(H,29,32)(H,28,31,33). The molecule has 34 heavy (non-hydrogen) atoms. The van der Waals surface area contributed by atoms with E-state index < -0.39 is 29.6 Å². The van der Waals surface area contributed by atoms with Crippen molar-refractivity contribution in [2.24, 2.45) is 5.92 Å². The summed E-state index contributed by atoms with van der Waals surface area (Å²) in [6.07, 6.45) is 3.19. The van der Waals surface area contributed by atoms with Crippen LogP contribution in [0.3, 0.4) is 0 Å². The fourth-order valence-corrected chi connectivity index (χ4v) is 4.89. The van der Waals surface area contributed by atoms with Crippen molar-refractivity contribution in [2.75, 3.05) is 0 Å². The predicted molar refractivity (Wildman–Crippen MR) is 116 cm³/mol. The Balaban J connectivity index is 1.35. The summed E-state index contributed by atoms with van der Waals surface area (Å²) in [5.74, 6) is -3.31. The molecular formula is C25H23F2N3O4. The van der Waals surface area contributed by atoms with Crippen molar-refractivity contribution in [3.8, 4) is 0 Å². The minimum absolute atomic E-state index is 0.132. The highest BCUT2D eigenvalue weighted by atomic mass is 19.2. The SMILES string of the molecule is O=C1CCC(N2Cc3cc(C(=O)NC(c4ccc(F)c(F)c4)C4CCC4)ccc3C2=O)C(=O)N1. The van der Waals surface area contributed by atoms with Gasteiger partial charge < -0.3 is 10.2 Å². The Hall–Kier alpha value is -3.62. The van der Waals surface area contributed by atoms with Gasteiger partial charge in [-0.3, -0.25) is 24.5 Å². The number of carbonyl (C=O) groups excluding carboxylic acids is 4. The molecule has 176 valence electrons. The summed E-state index contributed by atoms with van der Waals surface area (Å²) in [5.41, 5.74) is 1.88. The van der Waals surface area contributed by atoms with Crippen molar-refractivity contribution in [3.05, 3.63) is 70.3 Å². The first kappa shape index (κ1) is 22.2. The Kier molecular flexibility index (Phi) is 5.63. The minimum atomic E-state index is -0.958. The number of rotatable bonds is 5. The fourth-order valence-electron chi connectivity index (χ4n) is 4.89. The van der Waals surface area contributed by atoms with Crippen molar-refractivity contribution in [1.29, 1.82) is 0 Å². The number of halogens is 2. The summed E-state index contributed by atoms with van der Waals surface area (Å²) < 4.78 is 27.3. The zero-order valence-corrected chi connectivity index (χ0v) is 18.3.